The topological polar surface area (TPSA) is 43.1 Å². The first kappa shape index (κ1) is 11.9. The minimum Gasteiger partial charge on any atom is -0.330 e. The molecule has 2 nitrogen and oxygen atoms in total. The van der Waals surface area contributed by atoms with Crippen LogP contribution in [-0.2, 0) is 17.2 Å². The van der Waals surface area contributed by atoms with Gasteiger partial charge in [0, 0.05) is 26.7 Å². The summed E-state index contributed by atoms with van der Waals surface area (Å²) in [6.07, 6.45) is 1.79. The molecule has 0 aliphatic heterocycles. The van der Waals surface area contributed by atoms with E-state index in [2.05, 4.69) is 11.4 Å². The van der Waals surface area contributed by atoms with Gasteiger partial charge < -0.3 is 5.73 Å². The van der Waals surface area contributed by atoms with Crippen molar-refractivity contribution in [3.63, 3.8) is 0 Å². The molecular formula is C10H17NOS2. The van der Waals surface area contributed by atoms with Crippen LogP contribution in [0.1, 0.15) is 18.2 Å². The Hall–Kier alpha value is -0.190. The van der Waals surface area contributed by atoms with Crippen LogP contribution in [0.5, 0.6) is 0 Å². The molecule has 1 rings (SSSR count). The van der Waals surface area contributed by atoms with Crippen LogP contribution in [0.3, 0.4) is 0 Å². The smallest absolute Gasteiger partial charge is 0.0331 e. The molecule has 2 atom stereocenters. The Morgan fingerprint density at radius 1 is 1.64 bits per heavy atom. The zero-order valence-corrected chi connectivity index (χ0v) is 10.1. The number of hydrogen-bond acceptors (Lipinski definition) is 3. The molecular weight excluding hydrogens is 214 g/mol. The Kier molecular flexibility index (Phi) is 5.37. The lowest BCUT2D eigenvalue weighted by atomic mass is 10.3. The third-order valence-corrected chi connectivity index (χ3v) is 4.83. The molecule has 1 heterocycles. The first-order valence-corrected chi connectivity index (χ1v) is 7.10. The maximum Gasteiger partial charge on any atom is 0.0331 e. The molecule has 0 aromatic carbocycles. The zero-order valence-electron chi connectivity index (χ0n) is 8.44. The first-order chi connectivity index (χ1) is 6.74. The van der Waals surface area contributed by atoms with Crippen molar-refractivity contribution in [2.45, 2.75) is 25.0 Å². The maximum atomic E-state index is 11.7. The second kappa shape index (κ2) is 6.32. The molecule has 0 aliphatic carbocycles. The summed E-state index contributed by atoms with van der Waals surface area (Å²) in [5.74, 6) is 0.766. The van der Waals surface area contributed by atoms with Crippen LogP contribution in [0.4, 0.5) is 0 Å². The molecule has 0 saturated heterocycles. The Morgan fingerprint density at radius 2 is 2.43 bits per heavy atom. The molecule has 4 heteroatoms. The van der Waals surface area contributed by atoms with Crippen LogP contribution in [0.2, 0.25) is 0 Å². The van der Waals surface area contributed by atoms with E-state index in [1.165, 1.54) is 4.88 Å². The summed E-state index contributed by atoms with van der Waals surface area (Å²) < 4.78 is 11.7. The predicted octanol–water partition coefficient (Wildman–Crippen LogP) is 1.78. The number of rotatable bonds is 6. The summed E-state index contributed by atoms with van der Waals surface area (Å²) in [7, 11) is -0.723. The van der Waals surface area contributed by atoms with E-state index in [4.69, 9.17) is 5.73 Å². The van der Waals surface area contributed by atoms with Crippen LogP contribution in [0.25, 0.3) is 0 Å². The highest BCUT2D eigenvalue weighted by Gasteiger charge is 2.09. The van der Waals surface area contributed by atoms with Gasteiger partial charge in [0.15, 0.2) is 0 Å². The molecule has 0 fully saturated rings. The number of thiophene rings is 1. The van der Waals surface area contributed by atoms with E-state index in [0.717, 1.165) is 18.6 Å². The van der Waals surface area contributed by atoms with Crippen molar-refractivity contribution in [1.29, 1.82) is 0 Å². The molecule has 0 radical (unpaired) electrons. The van der Waals surface area contributed by atoms with Gasteiger partial charge in [0.2, 0.25) is 0 Å². The average Bonchev–Trinajstić information content (AvgIpc) is 2.67. The lowest BCUT2D eigenvalue weighted by molar-refractivity contribution is 0.665. The molecule has 2 unspecified atom stereocenters. The lowest BCUT2D eigenvalue weighted by Crippen LogP contribution is -2.18. The molecule has 0 spiro atoms. The molecule has 2 N–H and O–H groups in total. The van der Waals surface area contributed by atoms with Gasteiger partial charge in [-0.2, -0.15) is 0 Å². The van der Waals surface area contributed by atoms with Gasteiger partial charge in [0.05, 0.1) is 0 Å². The summed E-state index contributed by atoms with van der Waals surface area (Å²) in [6.45, 7) is 2.64. The van der Waals surface area contributed by atoms with E-state index in [0.29, 0.717) is 6.54 Å². The van der Waals surface area contributed by atoms with Crippen molar-refractivity contribution in [3.8, 4) is 0 Å². The van der Waals surface area contributed by atoms with Crippen LogP contribution in [0, 0.1) is 0 Å². The van der Waals surface area contributed by atoms with Crippen molar-refractivity contribution in [1.82, 2.24) is 0 Å². The average molecular weight is 231 g/mol. The minimum absolute atomic E-state index is 0.236. The minimum atomic E-state index is -0.723. The molecule has 14 heavy (non-hydrogen) atoms. The predicted molar refractivity (Wildman–Crippen MR) is 64.2 cm³/mol. The number of hydrogen-bond donors (Lipinski definition) is 1. The van der Waals surface area contributed by atoms with E-state index in [9.17, 15) is 4.21 Å². The van der Waals surface area contributed by atoms with E-state index in [1.54, 1.807) is 11.3 Å². The lowest BCUT2D eigenvalue weighted by Gasteiger charge is -2.08. The van der Waals surface area contributed by atoms with Gasteiger partial charge in [-0.05, 0) is 30.8 Å². The van der Waals surface area contributed by atoms with Crippen molar-refractivity contribution < 1.29 is 4.21 Å². The van der Waals surface area contributed by atoms with E-state index >= 15 is 0 Å². The van der Waals surface area contributed by atoms with Gasteiger partial charge in [0.25, 0.3) is 0 Å². The zero-order chi connectivity index (χ0) is 10.4. The number of nitrogens with two attached hydrogens (primary N) is 1. The monoisotopic (exact) mass is 231 g/mol. The van der Waals surface area contributed by atoms with Gasteiger partial charge >= 0.3 is 0 Å². The SMILES string of the molecule is CC(CCN)S(=O)CCc1cccs1. The van der Waals surface area contributed by atoms with E-state index in [-0.39, 0.29) is 5.25 Å². The summed E-state index contributed by atoms with van der Waals surface area (Å²) in [5.41, 5.74) is 5.43. The highest BCUT2D eigenvalue weighted by molar-refractivity contribution is 7.85. The van der Waals surface area contributed by atoms with Gasteiger partial charge in [-0.3, -0.25) is 4.21 Å². The fraction of sp³-hybridized carbons (Fsp3) is 0.600. The Bertz CT molecular complexity index is 272. The third kappa shape index (κ3) is 3.90. The van der Waals surface area contributed by atoms with Gasteiger partial charge in [-0.1, -0.05) is 13.0 Å². The molecule has 0 bridgehead atoms. The highest BCUT2D eigenvalue weighted by Crippen LogP contribution is 2.11. The molecule has 0 saturated carbocycles. The van der Waals surface area contributed by atoms with Crippen molar-refractivity contribution in [2.75, 3.05) is 12.3 Å². The fourth-order valence-corrected chi connectivity index (χ4v) is 3.28. The quantitative estimate of drug-likeness (QED) is 0.811. The second-order valence-corrected chi connectivity index (χ2v) is 6.31. The maximum absolute atomic E-state index is 11.7. The van der Waals surface area contributed by atoms with Crippen LogP contribution in [-0.4, -0.2) is 21.8 Å². The molecule has 0 amide bonds. The summed E-state index contributed by atoms with van der Waals surface area (Å²) in [5, 5.41) is 2.29. The first-order valence-electron chi connectivity index (χ1n) is 4.83. The second-order valence-electron chi connectivity index (χ2n) is 3.30. The third-order valence-electron chi connectivity index (χ3n) is 2.15. The summed E-state index contributed by atoms with van der Waals surface area (Å²) in [6, 6.07) is 4.13. The summed E-state index contributed by atoms with van der Waals surface area (Å²) >= 11 is 1.73. The van der Waals surface area contributed by atoms with Crippen molar-refractivity contribution >= 4 is 22.1 Å². The largest absolute Gasteiger partial charge is 0.330 e. The fourth-order valence-electron chi connectivity index (χ4n) is 1.22. The van der Waals surface area contributed by atoms with Gasteiger partial charge in [-0.25, -0.2) is 0 Å². The Balaban J connectivity index is 2.27. The molecule has 1 aromatic heterocycles. The van der Waals surface area contributed by atoms with Crippen LogP contribution >= 0.6 is 11.3 Å². The Labute approximate surface area is 92.0 Å². The molecule has 0 aliphatic rings. The van der Waals surface area contributed by atoms with Crippen LogP contribution < -0.4 is 5.73 Å². The van der Waals surface area contributed by atoms with Gasteiger partial charge in [-0.15, -0.1) is 11.3 Å². The van der Waals surface area contributed by atoms with E-state index in [1.807, 2.05) is 13.0 Å². The van der Waals surface area contributed by atoms with E-state index < -0.39 is 10.8 Å². The van der Waals surface area contributed by atoms with Crippen LogP contribution in [0.15, 0.2) is 17.5 Å². The van der Waals surface area contributed by atoms with Crippen molar-refractivity contribution in [3.05, 3.63) is 22.4 Å². The number of aryl methyl sites for hydroxylation is 1. The Morgan fingerprint density at radius 3 is 3.00 bits per heavy atom. The highest BCUT2D eigenvalue weighted by atomic mass is 32.2. The normalized spacial score (nSPS) is 15.3. The van der Waals surface area contributed by atoms with Gasteiger partial charge in [0.1, 0.15) is 0 Å². The summed E-state index contributed by atoms with van der Waals surface area (Å²) in [4.78, 5) is 1.32. The molecule has 80 valence electrons. The standard InChI is InChI=1S/C10H17NOS2/c1-9(4-6-11)14(12)8-5-10-3-2-7-13-10/h2-3,7,9H,4-6,8,11H2,1H3. The molecule has 1 aromatic rings. The van der Waals surface area contributed by atoms with Crippen molar-refractivity contribution in [2.24, 2.45) is 5.73 Å².